The van der Waals surface area contributed by atoms with Gasteiger partial charge in [-0.2, -0.15) is 0 Å². The lowest BCUT2D eigenvalue weighted by molar-refractivity contribution is -0.127. The molecule has 2 aromatic rings. The Morgan fingerprint density at radius 1 is 1.12 bits per heavy atom. The number of anilines is 1. The molecule has 3 N–H and O–H groups in total. The van der Waals surface area contributed by atoms with Gasteiger partial charge in [0, 0.05) is 12.2 Å². The van der Waals surface area contributed by atoms with Crippen molar-refractivity contribution in [2.75, 3.05) is 5.32 Å². The van der Waals surface area contributed by atoms with Gasteiger partial charge in [0.05, 0.1) is 6.04 Å². The summed E-state index contributed by atoms with van der Waals surface area (Å²) in [5, 5.41) is 8.95. The summed E-state index contributed by atoms with van der Waals surface area (Å²) in [5.41, 5.74) is 5.32. The number of nitrogens with one attached hydrogen (secondary N) is 3. The molecule has 1 heterocycles. The summed E-state index contributed by atoms with van der Waals surface area (Å²) < 4.78 is 0. The highest BCUT2D eigenvalue weighted by molar-refractivity contribution is 5.98. The average Bonchev–Trinajstić information content (AvgIpc) is 2.63. The maximum absolute atomic E-state index is 12.5. The van der Waals surface area contributed by atoms with Crippen molar-refractivity contribution in [3.8, 4) is 0 Å². The first-order valence-electron chi connectivity index (χ1n) is 8.92. The number of aryl methyl sites for hydroxylation is 2. The van der Waals surface area contributed by atoms with Gasteiger partial charge in [-0.05, 0) is 49.9 Å². The predicted molar refractivity (Wildman–Crippen MR) is 103 cm³/mol. The van der Waals surface area contributed by atoms with Gasteiger partial charge >= 0.3 is 0 Å². The molecule has 3 rings (SSSR count). The van der Waals surface area contributed by atoms with E-state index in [1.165, 1.54) is 11.1 Å². The van der Waals surface area contributed by atoms with Crippen molar-refractivity contribution in [2.24, 2.45) is 0 Å². The molecule has 5 nitrogen and oxygen atoms in total. The predicted octanol–water partition coefficient (Wildman–Crippen LogP) is 2.46. The Hall–Kier alpha value is -2.66. The summed E-state index contributed by atoms with van der Waals surface area (Å²) in [6, 6.07) is 13.0. The average molecular weight is 351 g/mol. The first-order chi connectivity index (χ1) is 12.4. The number of hydrogen-bond donors (Lipinski definition) is 3. The number of carbonyl (C=O) groups excluding carboxylic acids is 2. The van der Waals surface area contributed by atoms with Crippen LogP contribution in [-0.2, 0) is 22.6 Å². The summed E-state index contributed by atoms with van der Waals surface area (Å²) in [6.45, 7) is 6.33. The lowest BCUT2D eigenvalue weighted by Crippen LogP contribution is -2.52. The van der Waals surface area contributed by atoms with E-state index in [-0.39, 0.29) is 17.9 Å². The molecule has 1 aliphatic rings. The zero-order chi connectivity index (χ0) is 18.7. The maximum Gasteiger partial charge on any atom is 0.246 e. The van der Waals surface area contributed by atoms with Crippen LogP contribution in [0.3, 0.4) is 0 Å². The standard InChI is InChI=1S/C21H25N3O2/c1-13-8-9-18(14(2)10-13)24-20(25)15(3)23-21(26)19-11-16-6-4-5-7-17(16)12-22-19/h4-10,15,19,22H,11-12H2,1-3H3,(H,23,26)(H,24,25)/t15-,19+/m1/s1. The third-order valence-electron chi connectivity index (χ3n) is 4.79. The van der Waals surface area contributed by atoms with Crippen LogP contribution in [-0.4, -0.2) is 23.9 Å². The third-order valence-corrected chi connectivity index (χ3v) is 4.79. The maximum atomic E-state index is 12.5. The topological polar surface area (TPSA) is 70.2 Å². The van der Waals surface area contributed by atoms with Gasteiger partial charge in [0.1, 0.15) is 6.04 Å². The largest absolute Gasteiger partial charge is 0.343 e. The molecular weight excluding hydrogens is 326 g/mol. The van der Waals surface area contributed by atoms with E-state index in [0.717, 1.165) is 16.8 Å². The summed E-state index contributed by atoms with van der Waals surface area (Å²) in [7, 11) is 0. The van der Waals surface area contributed by atoms with Gasteiger partial charge in [0.2, 0.25) is 11.8 Å². The van der Waals surface area contributed by atoms with Crippen LogP contribution >= 0.6 is 0 Å². The fourth-order valence-corrected chi connectivity index (χ4v) is 3.21. The number of carbonyl (C=O) groups is 2. The molecule has 0 saturated carbocycles. The van der Waals surface area contributed by atoms with Crippen molar-refractivity contribution in [3.63, 3.8) is 0 Å². The SMILES string of the molecule is Cc1ccc(NC(=O)[C@@H](C)NC(=O)[C@@H]2Cc3ccccc3CN2)c(C)c1. The van der Waals surface area contributed by atoms with Gasteiger partial charge in [-0.1, -0.05) is 42.0 Å². The molecule has 2 aromatic carbocycles. The molecular formula is C21H25N3O2. The molecule has 0 radical (unpaired) electrons. The molecule has 26 heavy (non-hydrogen) atoms. The van der Waals surface area contributed by atoms with Crippen molar-refractivity contribution in [1.29, 1.82) is 0 Å². The van der Waals surface area contributed by atoms with E-state index in [9.17, 15) is 9.59 Å². The fourth-order valence-electron chi connectivity index (χ4n) is 3.21. The van der Waals surface area contributed by atoms with Gasteiger partial charge in [-0.25, -0.2) is 0 Å². The molecule has 0 spiro atoms. The van der Waals surface area contributed by atoms with Gasteiger partial charge in [-0.3, -0.25) is 9.59 Å². The van der Waals surface area contributed by atoms with Crippen LogP contribution in [0.4, 0.5) is 5.69 Å². The number of amides is 2. The normalized spacial score (nSPS) is 17.1. The van der Waals surface area contributed by atoms with Crippen LogP contribution in [0.2, 0.25) is 0 Å². The minimum Gasteiger partial charge on any atom is -0.343 e. The second kappa shape index (κ2) is 7.70. The lowest BCUT2D eigenvalue weighted by atomic mass is 9.95. The molecule has 0 bridgehead atoms. The first-order valence-corrected chi connectivity index (χ1v) is 8.92. The molecule has 0 aliphatic carbocycles. The van der Waals surface area contributed by atoms with Crippen molar-refractivity contribution >= 4 is 17.5 Å². The Balaban J connectivity index is 1.58. The van der Waals surface area contributed by atoms with E-state index in [1.807, 2.05) is 50.2 Å². The van der Waals surface area contributed by atoms with E-state index in [1.54, 1.807) is 6.92 Å². The summed E-state index contributed by atoms with van der Waals surface area (Å²) in [5.74, 6) is -0.371. The highest BCUT2D eigenvalue weighted by Crippen LogP contribution is 2.17. The van der Waals surface area contributed by atoms with E-state index in [2.05, 4.69) is 22.0 Å². The quantitative estimate of drug-likeness (QED) is 0.792. The van der Waals surface area contributed by atoms with Crippen LogP contribution < -0.4 is 16.0 Å². The molecule has 136 valence electrons. The zero-order valence-corrected chi connectivity index (χ0v) is 15.4. The monoisotopic (exact) mass is 351 g/mol. The van der Waals surface area contributed by atoms with Crippen LogP contribution in [0.15, 0.2) is 42.5 Å². The van der Waals surface area contributed by atoms with Gasteiger partial charge < -0.3 is 16.0 Å². The van der Waals surface area contributed by atoms with Crippen molar-refractivity contribution < 1.29 is 9.59 Å². The third kappa shape index (κ3) is 4.11. The minimum atomic E-state index is -0.609. The highest BCUT2D eigenvalue weighted by atomic mass is 16.2. The van der Waals surface area contributed by atoms with Crippen molar-refractivity contribution in [1.82, 2.24) is 10.6 Å². The van der Waals surface area contributed by atoms with E-state index in [0.29, 0.717) is 13.0 Å². The van der Waals surface area contributed by atoms with E-state index < -0.39 is 6.04 Å². The van der Waals surface area contributed by atoms with Crippen LogP contribution in [0.25, 0.3) is 0 Å². The Bertz CT molecular complexity index is 832. The van der Waals surface area contributed by atoms with Gasteiger partial charge in [0.25, 0.3) is 0 Å². The molecule has 0 fully saturated rings. The number of rotatable bonds is 4. The van der Waals surface area contributed by atoms with Gasteiger partial charge in [-0.15, -0.1) is 0 Å². The Morgan fingerprint density at radius 2 is 1.85 bits per heavy atom. The van der Waals surface area contributed by atoms with E-state index in [4.69, 9.17) is 0 Å². The van der Waals surface area contributed by atoms with Crippen LogP contribution in [0.1, 0.15) is 29.2 Å². The zero-order valence-electron chi connectivity index (χ0n) is 15.4. The molecule has 0 aromatic heterocycles. The molecule has 2 amide bonds. The van der Waals surface area contributed by atoms with Crippen molar-refractivity contribution in [3.05, 3.63) is 64.7 Å². The summed E-state index contributed by atoms with van der Waals surface area (Å²) in [6.07, 6.45) is 0.632. The van der Waals surface area contributed by atoms with Crippen molar-refractivity contribution in [2.45, 2.75) is 45.8 Å². The Labute approximate surface area is 154 Å². The molecule has 2 atom stereocenters. The smallest absolute Gasteiger partial charge is 0.246 e. The number of fused-ring (bicyclic) bond motifs is 1. The summed E-state index contributed by atoms with van der Waals surface area (Å²) >= 11 is 0. The highest BCUT2D eigenvalue weighted by Gasteiger charge is 2.26. The fraction of sp³-hybridized carbons (Fsp3) is 0.333. The Kier molecular flexibility index (Phi) is 5.38. The van der Waals surface area contributed by atoms with Gasteiger partial charge in [0.15, 0.2) is 0 Å². The molecule has 0 unspecified atom stereocenters. The molecule has 5 heteroatoms. The number of benzene rings is 2. The second-order valence-electron chi connectivity index (χ2n) is 6.94. The minimum absolute atomic E-state index is 0.150. The lowest BCUT2D eigenvalue weighted by Gasteiger charge is -2.26. The van der Waals surface area contributed by atoms with Crippen LogP contribution in [0, 0.1) is 13.8 Å². The first kappa shape index (κ1) is 18.1. The number of hydrogen-bond acceptors (Lipinski definition) is 3. The molecule has 0 saturated heterocycles. The molecule has 1 aliphatic heterocycles. The second-order valence-corrected chi connectivity index (χ2v) is 6.94. The Morgan fingerprint density at radius 3 is 2.58 bits per heavy atom. The van der Waals surface area contributed by atoms with Crippen LogP contribution in [0.5, 0.6) is 0 Å². The summed E-state index contributed by atoms with van der Waals surface area (Å²) in [4.78, 5) is 25.0. The van der Waals surface area contributed by atoms with E-state index >= 15 is 0 Å².